The van der Waals surface area contributed by atoms with E-state index in [0.29, 0.717) is 6.04 Å². The van der Waals surface area contributed by atoms with E-state index in [1.54, 1.807) is 0 Å². The second-order valence-electron chi connectivity index (χ2n) is 5.40. The van der Waals surface area contributed by atoms with E-state index >= 15 is 0 Å². The normalized spacial score (nSPS) is 15.1. The molecule has 1 fully saturated rings. The van der Waals surface area contributed by atoms with Crippen LogP contribution in [0, 0.1) is 0 Å². The van der Waals surface area contributed by atoms with Gasteiger partial charge in [-0.3, -0.25) is 4.99 Å². The second kappa shape index (κ2) is 4.74. The van der Waals surface area contributed by atoms with Crippen LogP contribution in [-0.2, 0) is 0 Å². The Balaban J connectivity index is 1.75. The van der Waals surface area contributed by atoms with Gasteiger partial charge in [-0.25, -0.2) is 4.98 Å². The van der Waals surface area contributed by atoms with Crippen molar-refractivity contribution in [3.63, 3.8) is 0 Å². The molecular weight excluding hydrogens is 260 g/mol. The van der Waals surface area contributed by atoms with Gasteiger partial charge in [0.25, 0.3) is 0 Å². The number of H-pyrrole nitrogens is 1. The maximum atomic E-state index is 4.54. The van der Waals surface area contributed by atoms with Crippen molar-refractivity contribution in [2.75, 3.05) is 18.0 Å². The van der Waals surface area contributed by atoms with Crippen LogP contribution in [0.3, 0.4) is 0 Å². The van der Waals surface area contributed by atoms with E-state index in [-0.39, 0.29) is 0 Å². The van der Waals surface area contributed by atoms with Crippen LogP contribution < -0.4 is 4.90 Å². The van der Waals surface area contributed by atoms with Crippen molar-refractivity contribution in [1.82, 2.24) is 9.97 Å². The molecule has 0 bridgehead atoms. The van der Waals surface area contributed by atoms with Crippen LogP contribution >= 0.6 is 0 Å². The summed E-state index contributed by atoms with van der Waals surface area (Å²) in [4.78, 5) is 14.1. The molecule has 0 aliphatic carbocycles. The van der Waals surface area contributed by atoms with E-state index in [0.717, 1.165) is 29.8 Å². The Morgan fingerprint density at radius 3 is 2.81 bits per heavy atom. The number of pyridine rings is 1. The fourth-order valence-electron chi connectivity index (χ4n) is 2.80. The fourth-order valence-corrected chi connectivity index (χ4v) is 2.80. The van der Waals surface area contributed by atoms with Gasteiger partial charge in [0.15, 0.2) is 0 Å². The third kappa shape index (κ3) is 2.00. The van der Waals surface area contributed by atoms with E-state index in [9.17, 15) is 0 Å². The second-order valence-corrected chi connectivity index (χ2v) is 5.40. The van der Waals surface area contributed by atoms with Crippen molar-refractivity contribution in [2.45, 2.75) is 6.04 Å². The Labute approximate surface area is 123 Å². The van der Waals surface area contributed by atoms with Gasteiger partial charge in [0.05, 0.1) is 17.9 Å². The Kier molecular flexibility index (Phi) is 2.74. The van der Waals surface area contributed by atoms with Crippen molar-refractivity contribution in [2.24, 2.45) is 4.99 Å². The molecule has 2 aromatic heterocycles. The zero-order chi connectivity index (χ0) is 14.2. The van der Waals surface area contributed by atoms with Crippen molar-refractivity contribution in [1.29, 1.82) is 0 Å². The zero-order valence-corrected chi connectivity index (χ0v) is 11.7. The minimum absolute atomic E-state index is 0.362. The third-order valence-electron chi connectivity index (χ3n) is 4.09. The molecule has 1 N–H and O–H groups in total. The molecule has 104 valence electrons. The highest BCUT2D eigenvalue weighted by molar-refractivity contribution is 5.95. The summed E-state index contributed by atoms with van der Waals surface area (Å²) >= 11 is 0. The molecule has 0 amide bonds. The first-order valence-corrected chi connectivity index (χ1v) is 7.08. The van der Waals surface area contributed by atoms with Crippen LogP contribution in [0.2, 0.25) is 0 Å². The molecule has 0 saturated carbocycles. The van der Waals surface area contributed by atoms with Crippen molar-refractivity contribution in [3.05, 3.63) is 48.8 Å². The molecule has 1 aliphatic rings. The van der Waals surface area contributed by atoms with Gasteiger partial charge < -0.3 is 9.88 Å². The van der Waals surface area contributed by atoms with Crippen LogP contribution in [0.25, 0.3) is 22.2 Å². The van der Waals surface area contributed by atoms with Gasteiger partial charge in [0, 0.05) is 30.2 Å². The number of aliphatic imine (C=N–C) groups is 1. The monoisotopic (exact) mass is 276 g/mol. The third-order valence-corrected chi connectivity index (χ3v) is 4.09. The summed E-state index contributed by atoms with van der Waals surface area (Å²) in [5.74, 6) is 0. The number of benzene rings is 1. The van der Waals surface area contributed by atoms with E-state index in [2.05, 4.69) is 56.9 Å². The number of anilines is 1. The summed E-state index contributed by atoms with van der Waals surface area (Å²) in [7, 11) is 0. The van der Waals surface area contributed by atoms with Gasteiger partial charge in [-0.1, -0.05) is 30.3 Å². The van der Waals surface area contributed by atoms with Crippen molar-refractivity contribution in [3.8, 4) is 11.1 Å². The van der Waals surface area contributed by atoms with Gasteiger partial charge in [-0.05, 0) is 18.3 Å². The Morgan fingerprint density at radius 2 is 2.05 bits per heavy atom. The Bertz CT molecular complexity index is 785. The molecule has 1 saturated heterocycles. The Morgan fingerprint density at radius 1 is 1.24 bits per heavy atom. The van der Waals surface area contributed by atoms with E-state index in [4.69, 9.17) is 0 Å². The smallest absolute Gasteiger partial charge is 0.138 e. The van der Waals surface area contributed by atoms with Crippen molar-refractivity contribution >= 4 is 23.4 Å². The summed E-state index contributed by atoms with van der Waals surface area (Å²) < 4.78 is 0. The summed E-state index contributed by atoms with van der Waals surface area (Å²) in [6, 6.07) is 13.0. The molecular formula is C17H16N4. The highest BCUT2D eigenvalue weighted by Crippen LogP contribution is 2.31. The lowest BCUT2D eigenvalue weighted by molar-refractivity contribution is 0.524. The van der Waals surface area contributed by atoms with Gasteiger partial charge in [0.2, 0.25) is 0 Å². The topological polar surface area (TPSA) is 44.3 Å². The number of rotatable bonds is 3. The number of fused-ring (bicyclic) bond motifs is 1. The van der Waals surface area contributed by atoms with E-state index < -0.39 is 0 Å². The minimum Gasteiger partial charge on any atom is -0.366 e. The van der Waals surface area contributed by atoms with E-state index in [1.807, 2.05) is 18.5 Å². The predicted molar refractivity (Wildman–Crippen MR) is 87.1 cm³/mol. The highest BCUT2D eigenvalue weighted by atomic mass is 15.2. The molecule has 4 nitrogen and oxygen atoms in total. The number of nitrogens with zero attached hydrogens (tertiary/aromatic N) is 3. The van der Waals surface area contributed by atoms with Gasteiger partial charge in [0.1, 0.15) is 5.65 Å². The molecule has 1 aliphatic heterocycles. The lowest BCUT2D eigenvalue weighted by atomic mass is 10.0. The number of nitrogens with one attached hydrogen (secondary N) is 1. The molecule has 4 rings (SSSR count). The lowest BCUT2D eigenvalue weighted by Crippen LogP contribution is -2.49. The first kappa shape index (κ1) is 12.1. The number of hydrogen-bond donors (Lipinski definition) is 1. The summed E-state index contributed by atoms with van der Waals surface area (Å²) in [6.45, 7) is 5.47. The average Bonchev–Trinajstić information content (AvgIpc) is 2.90. The van der Waals surface area contributed by atoms with Gasteiger partial charge in [-0.15, -0.1) is 0 Å². The van der Waals surface area contributed by atoms with Crippen molar-refractivity contribution < 1.29 is 0 Å². The molecule has 1 aromatic carbocycles. The number of aromatic amines is 1. The maximum absolute atomic E-state index is 4.54. The molecule has 0 unspecified atom stereocenters. The molecule has 0 spiro atoms. The van der Waals surface area contributed by atoms with Crippen LogP contribution in [0.5, 0.6) is 0 Å². The molecule has 3 heterocycles. The first-order chi connectivity index (χ1) is 10.3. The molecule has 21 heavy (non-hydrogen) atoms. The fraction of sp³-hybridized carbons (Fsp3) is 0.176. The van der Waals surface area contributed by atoms with Crippen LogP contribution in [0.15, 0.2) is 53.8 Å². The van der Waals surface area contributed by atoms with Gasteiger partial charge in [-0.2, -0.15) is 0 Å². The number of hydrogen-bond acceptors (Lipinski definition) is 3. The molecule has 4 heteroatoms. The summed E-state index contributed by atoms with van der Waals surface area (Å²) in [5.41, 5.74) is 4.48. The average molecular weight is 276 g/mol. The molecule has 0 atom stereocenters. The molecule has 3 aromatic rings. The highest BCUT2D eigenvalue weighted by Gasteiger charge is 2.26. The molecule has 0 radical (unpaired) electrons. The van der Waals surface area contributed by atoms with Crippen LogP contribution in [0.4, 0.5) is 5.69 Å². The van der Waals surface area contributed by atoms with Gasteiger partial charge >= 0.3 is 0 Å². The lowest BCUT2D eigenvalue weighted by Gasteiger charge is -2.38. The zero-order valence-electron chi connectivity index (χ0n) is 11.7. The standard InChI is InChI=1S/C17H16N4/c1-18-13-10-21(11-13)14-7-15-16(9-20-17(15)19-8-14)12-5-3-2-4-6-12/h2-9,13H,1,10-11H2,(H,19,20). The quantitative estimate of drug-likeness (QED) is 0.747. The maximum Gasteiger partial charge on any atom is 0.138 e. The van der Waals surface area contributed by atoms with E-state index in [1.165, 1.54) is 11.1 Å². The van der Waals surface area contributed by atoms with Crippen LogP contribution in [0.1, 0.15) is 0 Å². The number of aromatic nitrogens is 2. The van der Waals surface area contributed by atoms with Crippen LogP contribution in [-0.4, -0.2) is 35.8 Å². The summed E-state index contributed by atoms with van der Waals surface area (Å²) in [5, 5.41) is 1.16. The SMILES string of the molecule is C=NC1CN(c2cnc3[nH]cc(-c4ccccc4)c3c2)C1. The Hall–Kier alpha value is -2.62. The summed E-state index contributed by atoms with van der Waals surface area (Å²) in [6.07, 6.45) is 3.95. The first-order valence-electron chi connectivity index (χ1n) is 7.08. The largest absolute Gasteiger partial charge is 0.366 e. The minimum atomic E-state index is 0.362. The predicted octanol–water partition coefficient (Wildman–Crippen LogP) is 3.12.